The van der Waals surface area contributed by atoms with Gasteiger partial charge in [0.2, 0.25) is 10.0 Å². The van der Waals surface area contributed by atoms with E-state index in [4.69, 9.17) is 0 Å². The van der Waals surface area contributed by atoms with E-state index in [1.165, 1.54) is 4.41 Å². The van der Waals surface area contributed by atoms with Gasteiger partial charge >= 0.3 is 0 Å². The Morgan fingerprint density at radius 1 is 0.875 bits per heavy atom. The van der Waals surface area contributed by atoms with Crippen molar-refractivity contribution < 1.29 is 16.8 Å². The van der Waals surface area contributed by atoms with Crippen LogP contribution in [-0.4, -0.2) is 32.7 Å². The molecular formula is C23H23N3O4S2. The highest BCUT2D eigenvalue weighted by atomic mass is 32.2. The summed E-state index contributed by atoms with van der Waals surface area (Å²) in [5.74, 6) is -0.0213. The van der Waals surface area contributed by atoms with Crippen LogP contribution in [0.15, 0.2) is 94.9 Å². The molecule has 3 aromatic rings. The molecule has 0 saturated carbocycles. The van der Waals surface area contributed by atoms with Crippen molar-refractivity contribution in [2.45, 2.75) is 24.3 Å². The molecule has 9 heteroatoms. The van der Waals surface area contributed by atoms with Crippen LogP contribution in [0.4, 0.5) is 5.69 Å². The number of nitrogens with zero attached hydrogens (tertiary/aromatic N) is 2. The van der Waals surface area contributed by atoms with Gasteiger partial charge in [-0.2, -0.15) is 17.9 Å². The lowest BCUT2D eigenvalue weighted by atomic mass is 9.99. The van der Waals surface area contributed by atoms with E-state index in [1.54, 1.807) is 61.5 Å². The van der Waals surface area contributed by atoms with E-state index in [0.29, 0.717) is 17.8 Å². The number of anilines is 1. The Hall–Kier alpha value is -3.17. The zero-order chi connectivity index (χ0) is 22.8. The van der Waals surface area contributed by atoms with Crippen molar-refractivity contribution in [2.75, 3.05) is 10.5 Å². The van der Waals surface area contributed by atoms with E-state index in [2.05, 4.69) is 9.82 Å². The van der Waals surface area contributed by atoms with Gasteiger partial charge in [-0.15, -0.1) is 0 Å². The van der Waals surface area contributed by atoms with Gasteiger partial charge in [0.1, 0.15) is 0 Å². The fraction of sp³-hybridized carbons (Fsp3) is 0.174. The van der Waals surface area contributed by atoms with Crippen LogP contribution in [-0.2, 0) is 20.0 Å². The Bertz CT molecular complexity index is 1320. The largest absolute Gasteiger partial charge is 0.284 e. The highest BCUT2D eigenvalue weighted by Crippen LogP contribution is 2.37. The number of rotatable bonds is 7. The van der Waals surface area contributed by atoms with Crippen molar-refractivity contribution in [1.82, 2.24) is 4.41 Å². The fourth-order valence-electron chi connectivity index (χ4n) is 3.49. The zero-order valence-electron chi connectivity index (χ0n) is 17.4. The molecule has 166 valence electrons. The van der Waals surface area contributed by atoms with Crippen LogP contribution < -0.4 is 4.72 Å². The lowest BCUT2D eigenvalue weighted by molar-refractivity contribution is 0.371. The molecule has 0 aromatic heterocycles. The molecule has 3 aromatic carbocycles. The Kier molecular flexibility index (Phi) is 6.03. The number of nitrogens with one attached hydrogen (secondary N) is 1. The van der Waals surface area contributed by atoms with Gasteiger partial charge in [-0.05, 0) is 42.3 Å². The van der Waals surface area contributed by atoms with Crippen LogP contribution in [0.1, 0.15) is 30.5 Å². The molecule has 1 aliphatic heterocycles. The van der Waals surface area contributed by atoms with Crippen LogP contribution in [0, 0.1) is 0 Å². The van der Waals surface area contributed by atoms with E-state index in [-0.39, 0.29) is 10.6 Å². The summed E-state index contributed by atoms with van der Waals surface area (Å²) in [5.41, 5.74) is 2.64. The van der Waals surface area contributed by atoms with Crippen molar-refractivity contribution in [1.29, 1.82) is 0 Å². The Labute approximate surface area is 188 Å². The minimum Gasteiger partial charge on any atom is -0.284 e. The van der Waals surface area contributed by atoms with Crippen LogP contribution in [0.25, 0.3) is 0 Å². The standard InChI is InChI=1S/C23H23N3O4S2/c1-2-31(27,28)25-20-15-13-18(14-16-20)22-17-23(19-9-5-3-6-10-19)26(24-22)32(29,30)21-11-7-4-8-12-21/h3-16,23,25H,2,17H2,1H3/t23-/m0/s1. The molecule has 1 heterocycles. The summed E-state index contributed by atoms with van der Waals surface area (Å²) >= 11 is 0. The lowest BCUT2D eigenvalue weighted by Crippen LogP contribution is -2.27. The highest BCUT2D eigenvalue weighted by Gasteiger charge is 2.37. The summed E-state index contributed by atoms with van der Waals surface area (Å²) < 4.78 is 54.0. The maximum atomic E-state index is 13.4. The minimum absolute atomic E-state index is 0.0213. The predicted octanol–water partition coefficient (Wildman–Crippen LogP) is 3.99. The highest BCUT2D eigenvalue weighted by molar-refractivity contribution is 7.92. The maximum Gasteiger partial charge on any atom is 0.279 e. The first-order chi connectivity index (χ1) is 15.3. The van der Waals surface area contributed by atoms with E-state index in [0.717, 1.165) is 11.1 Å². The zero-order valence-corrected chi connectivity index (χ0v) is 19.1. The molecule has 0 unspecified atom stereocenters. The first-order valence-corrected chi connectivity index (χ1v) is 13.2. The predicted molar refractivity (Wildman–Crippen MR) is 125 cm³/mol. The minimum atomic E-state index is -3.86. The first kappa shape index (κ1) is 22.0. The Morgan fingerprint density at radius 3 is 2.06 bits per heavy atom. The van der Waals surface area contributed by atoms with Crippen molar-refractivity contribution >= 4 is 31.4 Å². The quantitative estimate of drug-likeness (QED) is 0.566. The van der Waals surface area contributed by atoms with Gasteiger partial charge in [0.25, 0.3) is 10.0 Å². The van der Waals surface area contributed by atoms with E-state index in [1.807, 2.05) is 30.3 Å². The summed E-state index contributed by atoms with van der Waals surface area (Å²) in [4.78, 5) is 0.176. The monoisotopic (exact) mass is 469 g/mol. The van der Waals surface area contributed by atoms with Crippen LogP contribution in [0.2, 0.25) is 0 Å². The summed E-state index contributed by atoms with van der Waals surface area (Å²) in [7, 11) is -7.23. The SMILES string of the molecule is CCS(=O)(=O)Nc1ccc(C2=NN(S(=O)(=O)c3ccccc3)[C@H](c3ccccc3)C2)cc1. The third-order valence-corrected chi connectivity index (χ3v) is 8.22. The number of hydrazone groups is 1. The number of benzene rings is 3. The van der Waals surface area contributed by atoms with Crippen molar-refractivity contribution in [3.05, 3.63) is 96.1 Å². The lowest BCUT2D eigenvalue weighted by Gasteiger charge is -2.23. The molecule has 1 N–H and O–H groups in total. The van der Waals surface area contributed by atoms with Crippen molar-refractivity contribution in [2.24, 2.45) is 5.10 Å². The summed E-state index contributed by atoms with van der Waals surface area (Å²) in [5, 5.41) is 4.51. The number of hydrogen-bond acceptors (Lipinski definition) is 5. The maximum absolute atomic E-state index is 13.4. The molecule has 4 rings (SSSR count). The van der Waals surface area contributed by atoms with Crippen LogP contribution in [0.3, 0.4) is 0 Å². The molecule has 1 atom stereocenters. The van der Waals surface area contributed by atoms with Gasteiger partial charge in [0.15, 0.2) is 0 Å². The first-order valence-electron chi connectivity index (χ1n) is 10.1. The average Bonchev–Trinajstić information content (AvgIpc) is 3.27. The molecular weight excluding hydrogens is 446 g/mol. The van der Waals surface area contributed by atoms with E-state index < -0.39 is 26.1 Å². The second-order valence-corrected chi connectivity index (χ2v) is 11.2. The topological polar surface area (TPSA) is 95.9 Å². The van der Waals surface area contributed by atoms with Gasteiger partial charge in [-0.25, -0.2) is 8.42 Å². The van der Waals surface area contributed by atoms with Crippen LogP contribution >= 0.6 is 0 Å². The number of hydrogen-bond donors (Lipinski definition) is 1. The summed E-state index contributed by atoms with van der Waals surface area (Å²) in [6.07, 6.45) is 0.399. The molecule has 7 nitrogen and oxygen atoms in total. The van der Waals surface area contributed by atoms with Gasteiger partial charge in [-0.1, -0.05) is 60.7 Å². The number of sulfonamides is 2. The molecule has 0 spiro atoms. The normalized spacial score (nSPS) is 16.6. The Balaban J connectivity index is 1.70. The second kappa shape index (κ2) is 8.76. The van der Waals surface area contributed by atoms with Crippen molar-refractivity contribution in [3.63, 3.8) is 0 Å². The molecule has 32 heavy (non-hydrogen) atoms. The van der Waals surface area contributed by atoms with E-state index in [9.17, 15) is 16.8 Å². The van der Waals surface area contributed by atoms with Crippen LogP contribution in [0.5, 0.6) is 0 Å². The molecule has 0 radical (unpaired) electrons. The molecule has 0 saturated heterocycles. The average molecular weight is 470 g/mol. The molecule has 1 aliphatic rings. The molecule has 0 amide bonds. The second-order valence-electron chi connectivity index (χ2n) is 7.35. The van der Waals surface area contributed by atoms with Gasteiger partial charge in [-0.3, -0.25) is 4.72 Å². The fourth-order valence-corrected chi connectivity index (χ4v) is 5.58. The summed E-state index contributed by atoms with van der Waals surface area (Å²) in [6.45, 7) is 1.56. The Morgan fingerprint density at radius 2 is 1.47 bits per heavy atom. The smallest absolute Gasteiger partial charge is 0.279 e. The molecule has 0 bridgehead atoms. The molecule has 0 fully saturated rings. The van der Waals surface area contributed by atoms with Gasteiger partial charge < -0.3 is 0 Å². The van der Waals surface area contributed by atoms with Crippen molar-refractivity contribution in [3.8, 4) is 0 Å². The van der Waals surface area contributed by atoms with E-state index >= 15 is 0 Å². The van der Waals surface area contributed by atoms with Gasteiger partial charge in [0.05, 0.1) is 22.4 Å². The third-order valence-electron chi connectivity index (χ3n) is 5.22. The third kappa shape index (κ3) is 4.53. The molecule has 0 aliphatic carbocycles. The summed E-state index contributed by atoms with van der Waals surface area (Å²) in [6, 6.07) is 23.9. The van der Waals surface area contributed by atoms with Gasteiger partial charge in [0, 0.05) is 12.1 Å².